The van der Waals surface area contributed by atoms with Crippen molar-refractivity contribution in [2.24, 2.45) is 11.8 Å². The van der Waals surface area contributed by atoms with Crippen molar-refractivity contribution in [3.8, 4) is 0 Å². The van der Waals surface area contributed by atoms with E-state index in [-0.39, 0.29) is 28.1 Å². The van der Waals surface area contributed by atoms with Gasteiger partial charge in [0.1, 0.15) is 6.17 Å². The average molecular weight is 446 g/mol. The molecule has 148 valence electrons. The standard InChI is InChI=1S/C19H25Cl2N3OS2/c1-10(2)16-24(15(25)11-5-6-11)17(19(3,4)27-16)23-18(26)22-14-8-12(20)7-13(21)9-14/h7-11,16-17H,5-6H2,1-4H3,(H2,22,23,26). The molecule has 2 N–H and O–H groups in total. The van der Waals surface area contributed by atoms with E-state index in [0.717, 1.165) is 12.8 Å². The van der Waals surface area contributed by atoms with E-state index >= 15 is 0 Å². The third-order valence-electron chi connectivity index (χ3n) is 4.77. The first-order valence-corrected chi connectivity index (χ1v) is 11.2. The van der Waals surface area contributed by atoms with Crippen LogP contribution in [0.25, 0.3) is 0 Å². The molecule has 1 saturated heterocycles. The Morgan fingerprint density at radius 2 is 1.85 bits per heavy atom. The van der Waals surface area contributed by atoms with E-state index < -0.39 is 0 Å². The number of anilines is 1. The van der Waals surface area contributed by atoms with Crippen molar-refractivity contribution < 1.29 is 4.79 Å². The Labute approximate surface area is 180 Å². The van der Waals surface area contributed by atoms with Gasteiger partial charge < -0.3 is 15.5 Å². The van der Waals surface area contributed by atoms with E-state index in [1.54, 1.807) is 18.2 Å². The number of halogens is 2. The van der Waals surface area contributed by atoms with E-state index in [2.05, 4.69) is 38.3 Å². The lowest BCUT2D eigenvalue weighted by atomic mass is 10.1. The number of hydrogen-bond acceptors (Lipinski definition) is 3. The van der Waals surface area contributed by atoms with Gasteiger partial charge >= 0.3 is 0 Å². The van der Waals surface area contributed by atoms with Gasteiger partial charge in [-0.1, -0.05) is 37.0 Å². The first-order valence-electron chi connectivity index (χ1n) is 9.12. The van der Waals surface area contributed by atoms with Gasteiger partial charge in [0.15, 0.2) is 5.11 Å². The molecular formula is C19H25Cl2N3OS2. The molecule has 0 radical (unpaired) electrons. The molecule has 0 bridgehead atoms. The summed E-state index contributed by atoms with van der Waals surface area (Å²) in [5.74, 6) is 0.758. The molecule has 2 fully saturated rings. The van der Waals surface area contributed by atoms with Crippen LogP contribution in [0, 0.1) is 11.8 Å². The molecule has 0 aromatic heterocycles. The number of nitrogens with one attached hydrogen (secondary N) is 2. The first kappa shape index (κ1) is 21.0. The summed E-state index contributed by atoms with van der Waals surface area (Å²) < 4.78 is -0.169. The number of rotatable bonds is 4. The second-order valence-electron chi connectivity index (χ2n) is 8.03. The fourth-order valence-corrected chi connectivity index (χ4v) is 5.62. The Kier molecular flexibility index (Phi) is 6.21. The molecule has 2 unspecified atom stereocenters. The molecule has 4 nitrogen and oxygen atoms in total. The van der Waals surface area contributed by atoms with Crippen LogP contribution in [0.5, 0.6) is 0 Å². The average Bonchev–Trinajstić information content (AvgIpc) is 3.32. The van der Waals surface area contributed by atoms with Crippen molar-refractivity contribution in [3.63, 3.8) is 0 Å². The van der Waals surface area contributed by atoms with Crippen LogP contribution in [-0.4, -0.2) is 32.2 Å². The first-order chi connectivity index (χ1) is 12.6. The molecule has 1 aliphatic heterocycles. The summed E-state index contributed by atoms with van der Waals surface area (Å²) in [6.45, 7) is 8.63. The molecular weight excluding hydrogens is 421 g/mol. The van der Waals surface area contributed by atoms with Crippen LogP contribution >= 0.6 is 47.2 Å². The summed E-state index contributed by atoms with van der Waals surface area (Å²) in [6, 6.07) is 5.20. The van der Waals surface area contributed by atoms with Gasteiger partial charge in [-0.05, 0) is 63.0 Å². The molecule has 8 heteroatoms. The monoisotopic (exact) mass is 445 g/mol. The SMILES string of the molecule is CC(C)C1SC(C)(C)C(NC(=S)Nc2cc(Cl)cc(Cl)c2)N1C(=O)C1CC1. The second-order valence-corrected chi connectivity index (χ2v) is 11.1. The van der Waals surface area contributed by atoms with Crippen LogP contribution in [-0.2, 0) is 4.79 Å². The molecule has 2 aliphatic rings. The summed E-state index contributed by atoms with van der Waals surface area (Å²) in [5, 5.41) is 8.17. The van der Waals surface area contributed by atoms with Crippen molar-refractivity contribution in [1.29, 1.82) is 0 Å². The summed E-state index contributed by atoms with van der Waals surface area (Å²) in [4.78, 5) is 15.0. The number of thioether (sulfide) groups is 1. The number of carbonyl (C=O) groups excluding carboxylic acids is 1. The molecule has 0 spiro atoms. The third-order valence-corrected chi connectivity index (χ3v) is 7.27. The van der Waals surface area contributed by atoms with Crippen LogP contribution < -0.4 is 10.6 Å². The van der Waals surface area contributed by atoms with Gasteiger partial charge in [0.2, 0.25) is 5.91 Å². The molecule has 1 amide bonds. The molecule has 1 aromatic rings. The predicted molar refractivity (Wildman–Crippen MR) is 119 cm³/mol. The largest absolute Gasteiger partial charge is 0.341 e. The maximum atomic E-state index is 13.0. The lowest BCUT2D eigenvalue weighted by Crippen LogP contribution is -2.57. The van der Waals surface area contributed by atoms with Crippen molar-refractivity contribution >= 4 is 63.9 Å². The van der Waals surface area contributed by atoms with Crippen LogP contribution in [0.2, 0.25) is 10.0 Å². The minimum Gasteiger partial charge on any atom is -0.341 e. The number of hydrogen-bond donors (Lipinski definition) is 2. The fraction of sp³-hybridized carbons (Fsp3) is 0.579. The van der Waals surface area contributed by atoms with Gasteiger partial charge in [0.25, 0.3) is 0 Å². The van der Waals surface area contributed by atoms with Gasteiger partial charge in [-0.2, -0.15) is 0 Å². The Balaban J connectivity index is 1.78. The number of carbonyl (C=O) groups is 1. The predicted octanol–water partition coefficient (Wildman–Crippen LogP) is 5.35. The van der Waals surface area contributed by atoms with Crippen molar-refractivity contribution in [3.05, 3.63) is 28.2 Å². The highest BCUT2D eigenvalue weighted by Crippen LogP contribution is 2.48. The zero-order valence-electron chi connectivity index (χ0n) is 15.9. The van der Waals surface area contributed by atoms with Crippen LogP contribution in [0.4, 0.5) is 5.69 Å². The van der Waals surface area contributed by atoms with Crippen molar-refractivity contribution in [2.45, 2.75) is 56.8 Å². The van der Waals surface area contributed by atoms with Crippen LogP contribution in [0.15, 0.2) is 18.2 Å². The lowest BCUT2D eigenvalue weighted by molar-refractivity contribution is -0.136. The highest BCUT2D eigenvalue weighted by Gasteiger charge is 2.53. The van der Waals surface area contributed by atoms with Gasteiger partial charge in [0.05, 0.1) is 10.1 Å². The number of benzene rings is 1. The number of thiocarbonyl (C=S) groups is 1. The van der Waals surface area contributed by atoms with Gasteiger partial charge in [0, 0.05) is 21.7 Å². The molecule has 1 heterocycles. The lowest BCUT2D eigenvalue weighted by Gasteiger charge is -2.35. The van der Waals surface area contributed by atoms with Crippen molar-refractivity contribution in [2.75, 3.05) is 5.32 Å². The van der Waals surface area contributed by atoms with E-state index in [1.807, 2.05) is 16.7 Å². The normalized spacial score (nSPS) is 24.2. The second kappa shape index (κ2) is 7.97. The molecule has 1 aliphatic carbocycles. The molecule has 3 rings (SSSR count). The zero-order chi connectivity index (χ0) is 19.9. The maximum Gasteiger partial charge on any atom is 0.228 e. The van der Waals surface area contributed by atoms with Crippen molar-refractivity contribution in [1.82, 2.24) is 10.2 Å². The van der Waals surface area contributed by atoms with E-state index in [9.17, 15) is 4.79 Å². The fourth-order valence-electron chi connectivity index (χ4n) is 3.33. The number of nitrogens with zero attached hydrogens (tertiary/aromatic N) is 1. The zero-order valence-corrected chi connectivity index (χ0v) is 19.0. The molecule has 1 saturated carbocycles. The molecule has 2 atom stereocenters. The third kappa shape index (κ3) is 4.84. The quantitative estimate of drug-likeness (QED) is 0.611. The summed E-state index contributed by atoms with van der Waals surface area (Å²) in [6.07, 6.45) is 1.79. The van der Waals surface area contributed by atoms with Crippen LogP contribution in [0.1, 0.15) is 40.5 Å². The van der Waals surface area contributed by atoms with Gasteiger partial charge in [-0.25, -0.2) is 0 Å². The topological polar surface area (TPSA) is 44.4 Å². The Morgan fingerprint density at radius 3 is 2.37 bits per heavy atom. The number of amides is 1. The molecule has 27 heavy (non-hydrogen) atoms. The summed E-state index contributed by atoms with van der Waals surface area (Å²) >= 11 is 19.5. The van der Waals surface area contributed by atoms with Gasteiger partial charge in [-0.3, -0.25) is 4.79 Å². The smallest absolute Gasteiger partial charge is 0.228 e. The minimum atomic E-state index is -0.183. The summed E-state index contributed by atoms with van der Waals surface area (Å²) in [7, 11) is 0. The van der Waals surface area contributed by atoms with Gasteiger partial charge in [-0.15, -0.1) is 11.8 Å². The van der Waals surface area contributed by atoms with E-state index in [1.165, 1.54) is 0 Å². The van der Waals surface area contributed by atoms with E-state index in [4.69, 9.17) is 35.4 Å². The Morgan fingerprint density at radius 1 is 1.26 bits per heavy atom. The Bertz CT molecular complexity index is 732. The summed E-state index contributed by atoms with van der Waals surface area (Å²) in [5.41, 5.74) is 0.717. The minimum absolute atomic E-state index is 0.133. The molecule has 1 aromatic carbocycles. The van der Waals surface area contributed by atoms with Crippen LogP contribution in [0.3, 0.4) is 0 Å². The Hall–Kier alpha value is -0.690. The highest BCUT2D eigenvalue weighted by atomic mass is 35.5. The maximum absolute atomic E-state index is 13.0. The highest BCUT2D eigenvalue weighted by molar-refractivity contribution is 8.01. The van der Waals surface area contributed by atoms with E-state index in [0.29, 0.717) is 26.8 Å².